The summed E-state index contributed by atoms with van der Waals surface area (Å²) >= 11 is 0. The highest BCUT2D eigenvalue weighted by Crippen LogP contribution is 2.47. The smallest absolute Gasteiger partial charge is 0.259 e. The zero-order valence-corrected chi connectivity index (χ0v) is 18.7. The molecule has 0 saturated heterocycles. The zero-order chi connectivity index (χ0) is 22.2. The molecule has 0 radical (unpaired) electrons. The molecular weight excluding hydrogens is 398 g/mol. The number of hydrogen-bond donors (Lipinski definition) is 0. The van der Waals surface area contributed by atoms with Gasteiger partial charge in [-0.05, 0) is 48.1 Å². The Balaban J connectivity index is 1.79. The van der Waals surface area contributed by atoms with E-state index in [2.05, 4.69) is 32.0 Å². The van der Waals surface area contributed by atoms with Crippen molar-refractivity contribution in [3.8, 4) is 17.0 Å². The molecule has 0 bridgehead atoms. The van der Waals surface area contributed by atoms with Crippen LogP contribution in [0.1, 0.15) is 41.7 Å². The number of aromatic nitrogens is 1. The lowest BCUT2D eigenvalue weighted by molar-refractivity contribution is 0.0842. The molecule has 0 fully saturated rings. The summed E-state index contributed by atoms with van der Waals surface area (Å²) in [6.07, 6.45) is 0.768. The minimum absolute atomic E-state index is 0.0283. The number of hydrogen-bond acceptors (Lipinski definition) is 3. The maximum absolute atomic E-state index is 13.8. The van der Waals surface area contributed by atoms with Gasteiger partial charge in [-0.3, -0.25) is 4.79 Å². The molecule has 0 spiro atoms. The molecule has 1 unspecified atom stereocenters. The summed E-state index contributed by atoms with van der Waals surface area (Å²) in [5, 5.41) is 1.73. The Hall–Kier alpha value is -3.37. The quantitative estimate of drug-likeness (QED) is 0.388. The Labute approximate surface area is 188 Å². The molecule has 0 aliphatic heterocycles. The number of methoxy groups -OCH3 is 1. The monoisotopic (exact) mass is 425 g/mol. The van der Waals surface area contributed by atoms with Crippen LogP contribution in [0.5, 0.6) is 5.75 Å². The highest BCUT2D eigenvalue weighted by molar-refractivity contribution is 5.94. The van der Waals surface area contributed by atoms with Crippen LogP contribution in [0.3, 0.4) is 0 Å². The summed E-state index contributed by atoms with van der Waals surface area (Å²) in [5.41, 5.74) is 6.51. The molecule has 1 aromatic heterocycles. The Kier molecular flexibility index (Phi) is 5.32. The summed E-state index contributed by atoms with van der Waals surface area (Å²) in [7, 11) is 1.66. The Morgan fingerprint density at radius 2 is 1.75 bits per heavy atom. The van der Waals surface area contributed by atoms with Crippen LogP contribution in [0.4, 0.5) is 0 Å². The van der Waals surface area contributed by atoms with Gasteiger partial charge in [0.05, 0.1) is 19.3 Å². The van der Waals surface area contributed by atoms with E-state index in [0.717, 1.165) is 56.5 Å². The summed E-state index contributed by atoms with van der Waals surface area (Å²) in [6, 6.07) is 22.3. The first-order valence-electron chi connectivity index (χ1n) is 11.1. The van der Waals surface area contributed by atoms with Gasteiger partial charge in [0.15, 0.2) is 0 Å². The van der Waals surface area contributed by atoms with Crippen LogP contribution in [-0.2, 0) is 11.3 Å². The van der Waals surface area contributed by atoms with E-state index in [-0.39, 0.29) is 11.7 Å². The van der Waals surface area contributed by atoms with E-state index in [1.54, 1.807) is 7.11 Å². The largest absolute Gasteiger partial charge is 0.497 e. The molecular formula is C28H27NO3. The van der Waals surface area contributed by atoms with Crippen molar-refractivity contribution in [2.45, 2.75) is 32.9 Å². The van der Waals surface area contributed by atoms with Crippen LogP contribution in [-0.4, -0.2) is 18.3 Å². The Bertz CT molecular complexity index is 1350. The number of ether oxygens (including phenoxy) is 2. The first kappa shape index (κ1) is 20.5. The average Bonchev–Trinajstić information content (AvgIpc) is 3.15. The highest BCUT2D eigenvalue weighted by Gasteiger charge is 2.34. The summed E-state index contributed by atoms with van der Waals surface area (Å²) in [6.45, 7) is 5.35. The number of benzene rings is 3. The molecule has 162 valence electrons. The molecule has 32 heavy (non-hydrogen) atoms. The molecule has 1 heterocycles. The third-order valence-electron chi connectivity index (χ3n) is 6.21. The average molecular weight is 426 g/mol. The minimum Gasteiger partial charge on any atom is -0.497 e. The first-order valence-corrected chi connectivity index (χ1v) is 11.1. The fourth-order valence-corrected chi connectivity index (χ4v) is 4.71. The lowest BCUT2D eigenvalue weighted by Gasteiger charge is -2.19. The number of nitrogens with zero attached hydrogens (tertiary/aromatic N) is 1. The molecule has 4 heteroatoms. The number of aryl methyl sites for hydroxylation is 1. The summed E-state index contributed by atoms with van der Waals surface area (Å²) < 4.78 is 13.6. The van der Waals surface area contributed by atoms with Crippen molar-refractivity contribution in [3.05, 3.63) is 99.3 Å². The number of fused-ring (bicyclic) bond motifs is 5. The first-order chi connectivity index (χ1) is 15.6. The topological polar surface area (TPSA) is 40.5 Å². The highest BCUT2D eigenvalue weighted by atomic mass is 16.5. The van der Waals surface area contributed by atoms with Crippen molar-refractivity contribution < 1.29 is 9.47 Å². The van der Waals surface area contributed by atoms with Crippen molar-refractivity contribution in [3.63, 3.8) is 0 Å². The van der Waals surface area contributed by atoms with Crippen LogP contribution in [0.2, 0.25) is 0 Å². The minimum atomic E-state index is -0.173. The van der Waals surface area contributed by atoms with Crippen LogP contribution in [0.25, 0.3) is 22.0 Å². The van der Waals surface area contributed by atoms with Gasteiger partial charge in [0.25, 0.3) is 5.56 Å². The van der Waals surface area contributed by atoms with Crippen molar-refractivity contribution >= 4 is 10.8 Å². The Morgan fingerprint density at radius 1 is 0.969 bits per heavy atom. The molecule has 0 N–H and O–H groups in total. The fraction of sp³-hybridized carbons (Fsp3) is 0.250. The third-order valence-corrected chi connectivity index (χ3v) is 6.21. The summed E-state index contributed by atoms with van der Waals surface area (Å²) in [5.74, 6) is 0.804. The van der Waals surface area contributed by atoms with Crippen LogP contribution in [0, 0.1) is 6.92 Å². The Morgan fingerprint density at radius 3 is 2.50 bits per heavy atom. The predicted octanol–water partition coefficient (Wildman–Crippen LogP) is 5.86. The number of rotatable bonds is 6. The normalized spacial score (nSPS) is 14.4. The van der Waals surface area contributed by atoms with Gasteiger partial charge in [0.1, 0.15) is 11.9 Å². The van der Waals surface area contributed by atoms with E-state index >= 15 is 0 Å². The maximum Gasteiger partial charge on any atom is 0.259 e. The molecule has 1 atom stereocenters. The van der Waals surface area contributed by atoms with Crippen LogP contribution >= 0.6 is 0 Å². The van der Waals surface area contributed by atoms with Gasteiger partial charge in [-0.15, -0.1) is 0 Å². The second kappa shape index (κ2) is 8.29. The van der Waals surface area contributed by atoms with E-state index in [1.165, 1.54) is 0 Å². The van der Waals surface area contributed by atoms with Gasteiger partial charge in [-0.1, -0.05) is 61.0 Å². The third kappa shape index (κ3) is 3.32. The van der Waals surface area contributed by atoms with Crippen molar-refractivity contribution in [2.75, 3.05) is 13.7 Å². The van der Waals surface area contributed by atoms with E-state index in [1.807, 2.05) is 53.1 Å². The molecule has 4 nitrogen and oxygen atoms in total. The second-order valence-electron chi connectivity index (χ2n) is 8.39. The SMILES string of the molecule is CCCOC1c2ccccc2-c2c1c1cc(C)ccc1c(=O)n2Cc1ccc(OC)cc1. The number of pyridine rings is 1. The van der Waals surface area contributed by atoms with E-state index in [4.69, 9.17) is 9.47 Å². The van der Waals surface area contributed by atoms with E-state index in [0.29, 0.717) is 13.2 Å². The van der Waals surface area contributed by atoms with Gasteiger partial charge in [-0.2, -0.15) is 0 Å². The molecule has 5 rings (SSSR count). The second-order valence-corrected chi connectivity index (χ2v) is 8.39. The molecule has 1 aliphatic rings. The van der Waals surface area contributed by atoms with Crippen LogP contribution in [0.15, 0.2) is 71.5 Å². The lowest BCUT2D eigenvalue weighted by Crippen LogP contribution is -2.24. The lowest BCUT2D eigenvalue weighted by atomic mass is 9.99. The van der Waals surface area contributed by atoms with E-state index in [9.17, 15) is 4.79 Å². The van der Waals surface area contributed by atoms with Gasteiger partial charge >= 0.3 is 0 Å². The standard InChI is InChI=1S/C28H27NO3/c1-4-15-32-27-22-8-6-5-7-21(22)26-25(27)24-16-18(2)9-14-23(24)28(30)29(26)17-19-10-12-20(31-3)13-11-19/h5-14,16,27H,4,15,17H2,1-3H3. The molecule has 4 aromatic rings. The zero-order valence-electron chi connectivity index (χ0n) is 18.7. The van der Waals surface area contributed by atoms with Gasteiger partial charge < -0.3 is 14.0 Å². The molecule has 0 amide bonds. The van der Waals surface area contributed by atoms with Crippen molar-refractivity contribution in [1.29, 1.82) is 0 Å². The van der Waals surface area contributed by atoms with Crippen LogP contribution < -0.4 is 10.3 Å². The molecule has 0 saturated carbocycles. The van der Waals surface area contributed by atoms with E-state index < -0.39 is 0 Å². The van der Waals surface area contributed by atoms with Gasteiger partial charge in [0, 0.05) is 23.1 Å². The van der Waals surface area contributed by atoms with Crippen molar-refractivity contribution in [1.82, 2.24) is 4.57 Å². The van der Waals surface area contributed by atoms with Gasteiger partial charge in [0.2, 0.25) is 0 Å². The maximum atomic E-state index is 13.8. The summed E-state index contributed by atoms with van der Waals surface area (Å²) in [4.78, 5) is 13.8. The fourth-order valence-electron chi connectivity index (χ4n) is 4.71. The molecule has 3 aromatic carbocycles. The predicted molar refractivity (Wildman–Crippen MR) is 129 cm³/mol. The van der Waals surface area contributed by atoms with Gasteiger partial charge in [-0.25, -0.2) is 0 Å². The van der Waals surface area contributed by atoms with Crippen molar-refractivity contribution in [2.24, 2.45) is 0 Å². The molecule has 1 aliphatic carbocycles.